The van der Waals surface area contributed by atoms with Crippen molar-refractivity contribution in [1.29, 1.82) is 0 Å². The molecule has 0 unspecified atom stereocenters. The van der Waals surface area contributed by atoms with Crippen LogP contribution in [0.2, 0.25) is 0 Å². The number of aromatic nitrogens is 3. The number of rotatable bonds is 2. The molecule has 0 atom stereocenters. The second-order valence-electron chi connectivity index (χ2n) is 4.11. The van der Waals surface area contributed by atoms with E-state index in [0.29, 0.717) is 5.82 Å². The van der Waals surface area contributed by atoms with Gasteiger partial charge in [-0.05, 0) is 53.9 Å². The first-order valence-corrected chi connectivity index (χ1v) is 6.13. The van der Waals surface area contributed by atoms with Gasteiger partial charge < -0.3 is 5.11 Å². The lowest BCUT2D eigenvalue weighted by molar-refractivity contribution is 0.0683. The van der Waals surface area contributed by atoms with Gasteiger partial charge in [0.1, 0.15) is 5.82 Å². The molecule has 6 heteroatoms. The van der Waals surface area contributed by atoms with Crippen molar-refractivity contribution in [3.8, 4) is 5.69 Å². The van der Waals surface area contributed by atoms with Gasteiger partial charge in [-0.2, -0.15) is 0 Å². The van der Waals surface area contributed by atoms with E-state index in [1.165, 1.54) is 0 Å². The molecule has 5 nitrogen and oxygen atoms in total. The standard InChI is InChI=1S/C12H12BrN3O2/c1-6-4-7(2)10(9(13)5-6)16-8(3)14-11(15-16)12(17)18/h4-5H,1-3H3,(H,17,18). The molecule has 1 N–H and O–H groups in total. The SMILES string of the molecule is Cc1cc(C)c(-n2nc(C(=O)O)nc2C)c(Br)c1. The Bertz CT molecular complexity index is 611. The summed E-state index contributed by atoms with van der Waals surface area (Å²) in [5, 5.41) is 12.9. The van der Waals surface area contributed by atoms with Crippen molar-refractivity contribution in [3.63, 3.8) is 0 Å². The minimum atomic E-state index is -1.13. The summed E-state index contributed by atoms with van der Waals surface area (Å²) in [6.45, 7) is 5.68. The summed E-state index contributed by atoms with van der Waals surface area (Å²) in [6.07, 6.45) is 0. The molecular formula is C12H12BrN3O2. The van der Waals surface area contributed by atoms with Crippen LogP contribution in [0.1, 0.15) is 27.6 Å². The first-order valence-electron chi connectivity index (χ1n) is 5.34. The van der Waals surface area contributed by atoms with E-state index in [1.54, 1.807) is 11.6 Å². The highest BCUT2D eigenvalue weighted by Crippen LogP contribution is 2.26. The van der Waals surface area contributed by atoms with Crippen LogP contribution in [0.4, 0.5) is 0 Å². The Balaban J connectivity index is 2.66. The summed E-state index contributed by atoms with van der Waals surface area (Å²) < 4.78 is 2.41. The molecule has 2 aromatic rings. The van der Waals surface area contributed by atoms with Crippen LogP contribution in [0.15, 0.2) is 16.6 Å². The molecule has 0 aliphatic heterocycles. The molecule has 18 heavy (non-hydrogen) atoms. The first-order chi connectivity index (χ1) is 8.40. The van der Waals surface area contributed by atoms with E-state index in [9.17, 15) is 4.79 Å². The second kappa shape index (κ2) is 4.53. The van der Waals surface area contributed by atoms with Gasteiger partial charge in [0.25, 0.3) is 5.82 Å². The number of aromatic carboxylic acids is 1. The lowest BCUT2D eigenvalue weighted by Crippen LogP contribution is -2.05. The highest BCUT2D eigenvalue weighted by molar-refractivity contribution is 9.10. The Hall–Kier alpha value is -1.69. The maximum absolute atomic E-state index is 10.9. The Labute approximate surface area is 113 Å². The van der Waals surface area contributed by atoms with Crippen molar-refractivity contribution < 1.29 is 9.90 Å². The van der Waals surface area contributed by atoms with Crippen LogP contribution in [0, 0.1) is 20.8 Å². The molecule has 0 bridgehead atoms. The maximum atomic E-state index is 10.9. The third kappa shape index (κ3) is 2.15. The Morgan fingerprint density at radius 1 is 1.33 bits per heavy atom. The Kier molecular flexibility index (Phi) is 3.21. The van der Waals surface area contributed by atoms with E-state index in [0.717, 1.165) is 21.3 Å². The molecule has 0 radical (unpaired) electrons. The van der Waals surface area contributed by atoms with Gasteiger partial charge in [-0.3, -0.25) is 0 Å². The number of halogens is 1. The monoisotopic (exact) mass is 309 g/mol. The molecule has 0 saturated heterocycles. The summed E-state index contributed by atoms with van der Waals surface area (Å²) in [6, 6.07) is 3.98. The van der Waals surface area contributed by atoms with Crippen LogP contribution in [-0.4, -0.2) is 25.8 Å². The predicted octanol–water partition coefficient (Wildman–Crippen LogP) is 2.65. The van der Waals surface area contributed by atoms with Gasteiger partial charge >= 0.3 is 5.97 Å². The number of hydrogen-bond donors (Lipinski definition) is 1. The van der Waals surface area contributed by atoms with Gasteiger partial charge in [0, 0.05) is 4.47 Å². The lowest BCUT2D eigenvalue weighted by atomic mass is 10.1. The fraction of sp³-hybridized carbons (Fsp3) is 0.250. The van der Waals surface area contributed by atoms with Gasteiger partial charge in [-0.15, -0.1) is 5.10 Å². The van der Waals surface area contributed by atoms with Crippen LogP contribution >= 0.6 is 15.9 Å². The van der Waals surface area contributed by atoms with Gasteiger partial charge in [-0.1, -0.05) is 6.07 Å². The van der Waals surface area contributed by atoms with Crippen LogP contribution in [0.3, 0.4) is 0 Å². The van der Waals surface area contributed by atoms with Crippen LogP contribution in [-0.2, 0) is 0 Å². The number of nitrogens with zero attached hydrogens (tertiary/aromatic N) is 3. The molecular weight excluding hydrogens is 298 g/mol. The van der Waals surface area contributed by atoms with Gasteiger partial charge in [0.2, 0.25) is 0 Å². The minimum absolute atomic E-state index is 0.195. The van der Waals surface area contributed by atoms with E-state index in [-0.39, 0.29) is 5.82 Å². The van der Waals surface area contributed by atoms with Crippen molar-refractivity contribution in [3.05, 3.63) is 39.4 Å². The highest BCUT2D eigenvalue weighted by atomic mass is 79.9. The summed E-state index contributed by atoms with van der Waals surface area (Å²) in [5.41, 5.74) is 2.95. The average Bonchev–Trinajstić information content (AvgIpc) is 2.59. The molecule has 0 aliphatic rings. The maximum Gasteiger partial charge on any atom is 0.375 e. The first kappa shape index (κ1) is 12.8. The average molecular weight is 310 g/mol. The quantitative estimate of drug-likeness (QED) is 0.926. The zero-order valence-electron chi connectivity index (χ0n) is 10.2. The van der Waals surface area contributed by atoms with Crippen molar-refractivity contribution >= 4 is 21.9 Å². The van der Waals surface area contributed by atoms with Gasteiger partial charge in [0.15, 0.2) is 0 Å². The van der Waals surface area contributed by atoms with Crippen LogP contribution < -0.4 is 0 Å². The molecule has 1 aromatic heterocycles. The number of carboxylic acid groups (broad SMARTS) is 1. The Morgan fingerprint density at radius 3 is 2.50 bits per heavy atom. The zero-order valence-corrected chi connectivity index (χ0v) is 11.8. The number of benzene rings is 1. The Morgan fingerprint density at radius 2 is 2.00 bits per heavy atom. The molecule has 94 valence electrons. The van der Waals surface area contributed by atoms with E-state index in [4.69, 9.17) is 5.11 Å². The van der Waals surface area contributed by atoms with Crippen molar-refractivity contribution in [1.82, 2.24) is 14.8 Å². The summed E-state index contributed by atoms with van der Waals surface area (Å²) >= 11 is 3.48. The number of aryl methyl sites for hydroxylation is 3. The number of hydrogen-bond acceptors (Lipinski definition) is 3. The largest absolute Gasteiger partial charge is 0.475 e. The summed E-state index contributed by atoms with van der Waals surface area (Å²) in [4.78, 5) is 14.8. The second-order valence-corrected chi connectivity index (χ2v) is 4.97. The molecule has 0 saturated carbocycles. The molecule has 2 rings (SSSR count). The molecule has 0 amide bonds. The van der Waals surface area contributed by atoms with E-state index in [1.807, 2.05) is 26.0 Å². The number of carbonyl (C=O) groups is 1. The molecule has 0 aliphatic carbocycles. The molecule has 1 aromatic carbocycles. The zero-order chi connectivity index (χ0) is 13.4. The van der Waals surface area contributed by atoms with Crippen molar-refractivity contribution in [2.75, 3.05) is 0 Å². The van der Waals surface area contributed by atoms with Crippen molar-refractivity contribution in [2.24, 2.45) is 0 Å². The van der Waals surface area contributed by atoms with Gasteiger partial charge in [0.05, 0.1) is 5.69 Å². The van der Waals surface area contributed by atoms with Crippen LogP contribution in [0.5, 0.6) is 0 Å². The third-order valence-corrected chi connectivity index (χ3v) is 3.17. The molecule has 0 spiro atoms. The highest BCUT2D eigenvalue weighted by Gasteiger charge is 2.16. The fourth-order valence-corrected chi connectivity index (χ4v) is 2.71. The molecule has 1 heterocycles. The smallest absolute Gasteiger partial charge is 0.375 e. The third-order valence-electron chi connectivity index (χ3n) is 2.57. The topological polar surface area (TPSA) is 68.0 Å². The lowest BCUT2D eigenvalue weighted by Gasteiger charge is -2.10. The summed E-state index contributed by atoms with van der Waals surface area (Å²) in [7, 11) is 0. The van der Waals surface area contributed by atoms with Gasteiger partial charge in [-0.25, -0.2) is 14.5 Å². The van der Waals surface area contributed by atoms with Crippen molar-refractivity contribution in [2.45, 2.75) is 20.8 Å². The number of carboxylic acids is 1. The predicted molar refractivity (Wildman–Crippen MR) is 70.2 cm³/mol. The fourth-order valence-electron chi connectivity index (χ4n) is 1.87. The van der Waals surface area contributed by atoms with E-state index < -0.39 is 5.97 Å². The van der Waals surface area contributed by atoms with Crippen LogP contribution in [0.25, 0.3) is 5.69 Å². The van der Waals surface area contributed by atoms with E-state index >= 15 is 0 Å². The van der Waals surface area contributed by atoms with E-state index in [2.05, 4.69) is 26.0 Å². The molecule has 0 fully saturated rings. The normalized spacial score (nSPS) is 10.7. The minimum Gasteiger partial charge on any atom is -0.475 e. The summed E-state index contributed by atoms with van der Waals surface area (Å²) in [5.74, 6) is -0.780.